The van der Waals surface area contributed by atoms with Crippen LogP contribution in [0, 0.1) is 5.82 Å². The van der Waals surface area contributed by atoms with Crippen LogP contribution in [0.15, 0.2) is 42.5 Å². The molecule has 1 aromatic heterocycles. The van der Waals surface area contributed by atoms with Gasteiger partial charge in [-0.25, -0.2) is 9.37 Å². The molecule has 0 aliphatic rings. The lowest BCUT2D eigenvalue weighted by Gasteiger charge is -2.15. The predicted octanol–water partition coefficient (Wildman–Crippen LogP) is 5.72. The van der Waals surface area contributed by atoms with Crippen molar-refractivity contribution in [2.45, 2.75) is 6.18 Å². The van der Waals surface area contributed by atoms with Crippen molar-refractivity contribution < 1.29 is 22.3 Å². The maximum absolute atomic E-state index is 14.7. The number of halogens is 5. The van der Waals surface area contributed by atoms with Gasteiger partial charge in [0, 0.05) is 16.0 Å². The summed E-state index contributed by atoms with van der Waals surface area (Å²) in [5.41, 5.74) is -1.59. The van der Waals surface area contributed by atoms with Crippen molar-refractivity contribution in [3.8, 4) is 17.0 Å². The Labute approximate surface area is 139 Å². The zero-order chi connectivity index (χ0) is 17.5. The zero-order valence-corrected chi connectivity index (χ0v) is 13.0. The molecule has 0 spiro atoms. The van der Waals surface area contributed by atoms with Crippen LogP contribution in [0.25, 0.3) is 22.2 Å². The first-order valence-electron chi connectivity index (χ1n) is 6.81. The summed E-state index contributed by atoms with van der Waals surface area (Å²) in [6.07, 6.45) is -4.88. The van der Waals surface area contributed by atoms with Crippen molar-refractivity contribution >= 4 is 22.5 Å². The topological polar surface area (TPSA) is 22.1 Å². The molecule has 0 fully saturated rings. The molecule has 0 amide bonds. The van der Waals surface area contributed by atoms with E-state index in [4.69, 9.17) is 16.3 Å². The molecule has 3 aromatic rings. The quantitative estimate of drug-likeness (QED) is 0.548. The highest BCUT2D eigenvalue weighted by atomic mass is 35.5. The summed E-state index contributed by atoms with van der Waals surface area (Å²) in [5.74, 6) is -1.25. The molecule has 0 aliphatic carbocycles. The van der Waals surface area contributed by atoms with Crippen LogP contribution in [0.4, 0.5) is 17.6 Å². The molecule has 1 heterocycles. The second-order valence-corrected chi connectivity index (χ2v) is 5.48. The maximum Gasteiger partial charge on any atom is 0.419 e. The molecule has 0 aliphatic heterocycles. The fraction of sp³-hybridized carbons (Fsp3) is 0.118. The van der Waals surface area contributed by atoms with Crippen molar-refractivity contribution in [2.24, 2.45) is 0 Å². The molecule has 7 heteroatoms. The molecule has 2 nitrogen and oxygen atoms in total. The Morgan fingerprint density at radius 1 is 1.08 bits per heavy atom. The van der Waals surface area contributed by atoms with E-state index in [-0.39, 0.29) is 27.2 Å². The lowest BCUT2D eigenvalue weighted by Crippen LogP contribution is -2.11. The third-order valence-corrected chi connectivity index (χ3v) is 3.75. The zero-order valence-electron chi connectivity index (χ0n) is 12.3. The van der Waals surface area contributed by atoms with E-state index >= 15 is 0 Å². The SMILES string of the molecule is COc1ccc2nc(-c3cccc(Cl)c3)c(F)c(C(F)(F)F)c2c1. The van der Waals surface area contributed by atoms with E-state index in [1.165, 1.54) is 37.4 Å². The molecule has 0 unspecified atom stereocenters. The minimum absolute atomic E-state index is 0.0134. The van der Waals surface area contributed by atoms with Gasteiger partial charge in [-0.2, -0.15) is 13.2 Å². The highest BCUT2D eigenvalue weighted by molar-refractivity contribution is 6.30. The Morgan fingerprint density at radius 2 is 1.83 bits per heavy atom. The predicted molar refractivity (Wildman–Crippen MR) is 83.7 cm³/mol. The molecule has 24 heavy (non-hydrogen) atoms. The minimum atomic E-state index is -4.88. The number of hydrogen-bond acceptors (Lipinski definition) is 2. The highest BCUT2D eigenvalue weighted by Gasteiger charge is 2.38. The van der Waals surface area contributed by atoms with Crippen molar-refractivity contribution in [1.29, 1.82) is 0 Å². The van der Waals surface area contributed by atoms with Crippen LogP contribution in [-0.4, -0.2) is 12.1 Å². The van der Waals surface area contributed by atoms with E-state index in [9.17, 15) is 17.6 Å². The van der Waals surface area contributed by atoms with Crippen LogP contribution >= 0.6 is 11.6 Å². The van der Waals surface area contributed by atoms with Crippen LogP contribution in [0.2, 0.25) is 5.02 Å². The van der Waals surface area contributed by atoms with Gasteiger partial charge in [0.15, 0.2) is 5.82 Å². The average molecular weight is 356 g/mol. The van der Waals surface area contributed by atoms with Gasteiger partial charge in [0.25, 0.3) is 0 Å². The number of rotatable bonds is 2. The van der Waals surface area contributed by atoms with Crippen molar-refractivity contribution in [2.75, 3.05) is 7.11 Å². The number of fused-ring (bicyclic) bond motifs is 1. The van der Waals surface area contributed by atoms with Gasteiger partial charge in [-0.15, -0.1) is 0 Å². The molecule has 0 atom stereocenters. The fourth-order valence-electron chi connectivity index (χ4n) is 2.45. The van der Waals surface area contributed by atoms with E-state index in [1.54, 1.807) is 6.07 Å². The number of methoxy groups -OCH3 is 1. The normalized spacial score (nSPS) is 11.8. The van der Waals surface area contributed by atoms with E-state index in [0.717, 1.165) is 6.07 Å². The molecule has 3 rings (SSSR count). The molecule has 2 aromatic carbocycles. The molecule has 0 saturated carbocycles. The third kappa shape index (κ3) is 2.89. The van der Waals surface area contributed by atoms with Gasteiger partial charge in [0.2, 0.25) is 0 Å². The van der Waals surface area contributed by atoms with Gasteiger partial charge >= 0.3 is 6.18 Å². The average Bonchev–Trinajstić information content (AvgIpc) is 2.52. The van der Waals surface area contributed by atoms with E-state index in [2.05, 4.69) is 4.98 Å². The lowest BCUT2D eigenvalue weighted by atomic mass is 10.0. The molecule has 124 valence electrons. The smallest absolute Gasteiger partial charge is 0.419 e. The lowest BCUT2D eigenvalue weighted by molar-refractivity contribution is -0.138. The van der Waals surface area contributed by atoms with Crippen LogP contribution in [-0.2, 0) is 6.18 Å². The fourth-order valence-corrected chi connectivity index (χ4v) is 2.64. The maximum atomic E-state index is 14.7. The summed E-state index contributed by atoms with van der Waals surface area (Å²) in [6, 6.07) is 9.82. The summed E-state index contributed by atoms with van der Waals surface area (Å²) >= 11 is 5.85. The number of aromatic nitrogens is 1. The number of pyridine rings is 1. The van der Waals surface area contributed by atoms with Crippen LogP contribution in [0.5, 0.6) is 5.75 Å². The first kappa shape index (κ1) is 16.5. The van der Waals surface area contributed by atoms with E-state index in [1.807, 2.05) is 0 Å². The Morgan fingerprint density at radius 3 is 2.46 bits per heavy atom. The van der Waals surface area contributed by atoms with Gasteiger partial charge in [-0.05, 0) is 30.3 Å². The molecule has 0 saturated heterocycles. The number of hydrogen-bond donors (Lipinski definition) is 0. The van der Waals surface area contributed by atoms with E-state index in [0.29, 0.717) is 0 Å². The van der Waals surface area contributed by atoms with Gasteiger partial charge in [0.1, 0.15) is 17.0 Å². The number of ether oxygens (including phenoxy) is 1. The summed E-state index contributed by atoms with van der Waals surface area (Å²) in [5, 5.41) is -0.0813. The minimum Gasteiger partial charge on any atom is -0.497 e. The van der Waals surface area contributed by atoms with Gasteiger partial charge in [-0.1, -0.05) is 23.7 Å². The van der Waals surface area contributed by atoms with Crippen molar-refractivity contribution in [3.63, 3.8) is 0 Å². The van der Waals surface area contributed by atoms with Crippen LogP contribution in [0.3, 0.4) is 0 Å². The summed E-state index contributed by atoms with van der Waals surface area (Å²) < 4.78 is 60.0. The van der Waals surface area contributed by atoms with Gasteiger partial charge in [0.05, 0.1) is 12.6 Å². The second-order valence-electron chi connectivity index (χ2n) is 5.04. The highest BCUT2D eigenvalue weighted by Crippen LogP contribution is 2.40. The molecular formula is C17H10ClF4NO. The number of benzene rings is 2. The molecule has 0 bridgehead atoms. The monoisotopic (exact) mass is 355 g/mol. The Balaban J connectivity index is 2.39. The molecule has 0 radical (unpaired) electrons. The van der Waals surface area contributed by atoms with Gasteiger partial charge in [-0.3, -0.25) is 0 Å². The van der Waals surface area contributed by atoms with Crippen LogP contribution < -0.4 is 4.74 Å². The van der Waals surface area contributed by atoms with Crippen molar-refractivity contribution in [3.05, 3.63) is 58.9 Å². The van der Waals surface area contributed by atoms with E-state index < -0.39 is 23.3 Å². The third-order valence-electron chi connectivity index (χ3n) is 3.51. The number of nitrogens with zero attached hydrogens (tertiary/aromatic N) is 1. The summed E-state index contributed by atoms with van der Waals surface area (Å²) in [7, 11) is 1.32. The summed E-state index contributed by atoms with van der Waals surface area (Å²) in [4.78, 5) is 4.05. The Hall–Kier alpha value is -2.34. The first-order chi connectivity index (χ1) is 11.3. The van der Waals surface area contributed by atoms with Gasteiger partial charge < -0.3 is 4.74 Å². The molecule has 0 N–H and O–H groups in total. The molecular weight excluding hydrogens is 346 g/mol. The number of alkyl halides is 3. The first-order valence-corrected chi connectivity index (χ1v) is 7.19. The largest absolute Gasteiger partial charge is 0.497 e. The standard InChI is InChI=1S/C17H10ClF4NO/c1-24-11-5-6-13-12(8-11)14(17(20,21)22)15(19)16(23-13)9-3-2-4-10(18)7-9/h2-8H,1H3. The van der Waals surface area contributed by atoms with Crippen molar-refractivity contribution in [1.82, 2.24) is 4.98 Å². The second kappa shape index (κ2) is 5.94. The van der Waals surface area contributed by atoms with Crippen LogP contribution in [0.1, 0.15) is 5.56 Å². The summed E-state index contributed by atoms with van der Waals surface area (Å²) in [6.45, 7) is 0. The Bertz CT molecular complexity index is 924. The Kier molecular flexibility index (Phi) is 4.09.